The molecule has 1 saturated heterocycles. The minimum absolute atomic E-state index is 0.0142. The van der Waals surface area contributed by atoms with Crippen LogP contribution in [0.25, 0.3) is 0 Å². The van der Waals surface area contributed by atoms with E-state index in [9.17, 15) is 4.79 Å². The third kappa shape index (κ3) is 7.99. The molecule has 1 fully saturated rings. The van der Waals surface area contributed by atoms with Gasteiger partial charge in [0.15, 0.2) is 5.96 Å². The summed E-state index contributed by atoms with van der Waals surface area (Å²) in [7, 11) is 1.75. The van der Waals surface area contributed by atoms with Crippen molar-refractivity contribution in [1.29, 1.82) is 0 Å². The fourth-order valence-corrected chi connectivity index (χ4v) is 3.12. The minimum atomic E-state index is 0.0142. The van der Waals surface area contributed by atoms with Gasteiger partial charge in [0.05, 0.1) is 0 Å². The quantitative estimate of drug-likeness (QED) is 0.371. The van der Waals surface area contributed by atoms with Gasteiger partial charge in [-0.3, -0.25) is 14.7 Å². The van der Waals surface area contributed by atoms with Crippen LogP contribution in [0.2, 0.25) is 0 Å². The second-order valence-corrected chi connectivity index (χ2v) is 7.45. The first-order valence-corrected chi connectivity index (χ1v) is 10.1. The molecule has 0 spiro atoms. The number of hydrogen-bond acceptors (Lipinski definition) is 3. The Labute approximate surface area is 163 Å². The number of piperidine rings is 1. The normalized spacial score (nSPS) is 15.6. The van der Waals surface area contributed by atoms with E-state index in [1.54, 1.807) is 7.05 Å². The fraction of sp³-hybridized carbons (Fsp3) is 0.619. The van der Waals surface area contributed by atoms with Crippen LogP contribution < -0.4 is 16.0 Å². The molecule has 6 heteroatoms. The lowest BCUT2D eigenvalue weighted by atomic mass is 10.1. The Morgan fingerprint density at radius 1 is 1.00 bits per heavy atom. The molecule has 0 unspecified atom stereocenters. The molecule has 0 bridgehead atoms. The average molecular weight is 374 g/mol. The van der Waals surface area contributed by atoms with Gasteiger partial charge in [-0.1, -0.05) is 44.5 Å². The van der Waals surface area contributed by atoms with Crippen molar-refractivity contribution >= 4 is 11.9 Å². The molecule has 0 atom stereocenters. The number of carbonyl (C=O) groups excluding carboxylic acids is 1. The van der Waals surface area contributed by atoms with Crippen LogP contribution in [0.4, 0.5) is 0 Å². The van der Waals surface area contributed by atoms with Crippen molar-refractivity contribution in [1.82, 2.24) is 20.9 Å². The van der Waals surface area contributed by atoms with Crippen LogP contribution in [-0.4, -0.2) is 50.0 Å². The number of aliphatic imine (C=N–C) groups is 1. The summed E-state index contributed by atoms with van der Waals surface area (Å²) in [5, 5.41) is 9.42. The fourth-order valence-electron chi connectivity index (χ4n) is 3.12. The second kappa shape index (κ2) is 11.6. The summed E-state index contributed by atoms with van der Waals surface area (Å²) < 4.78 is 0. The Hall–Kier alpha value is -2.08. The van der Waals surface area contributed by atoms with Gasteiger partial charge < -0.3 is 16.0 Å². The summed E-state index contributed by atoms with van der Waals surface area (Å²) >= 11 is 0. The summed E-state index contributed by atoms with van der Waals surface area (Å²) in [5.74, 6) is 0.830. The lowest BCUT2D eigenvalue weighted by Crippen LogP contribution is -2.41. The molecule has 1 aliphatic heterocycles. The number of rotatable bonds is 8. The third-order valence-corrected chi connectivity index (χ3v) is 4.80. The maximum absolute atomic E-state index is 11.5. The molecule has 3 N–H and O–H groups in total. The average Bonchev–Trinajstić information content (AvgIpc) is 2.69. The minimum Gasteiger partial charge on any atom is -0.355 e. The van der Waals surface area contributed by atoms with Crippen LogP contribution in [0.1, 0.15) is 44.2 Å². The first-order valence-electron chi connectivity index (χ1n) is 10.1. The van der Waals surface area contributed by atoms with E-state index in [0.717, 1.165) is 19.0 Å². The molecule has 0 aliphatic carbocycles. The molecule has 1 aliphatic rings. The van der Waals surface area contributed by atoms with Gasteiger partial charge in [-0.15, -0.1) is 0 Å². The smallest absolute Gasteiger partial charge is 0.222 e. The molecule has 1 heterocycles. The monoisotopic (exact) mass is 373 g/mol. The molecule has 27 heavy (non-hydrogen) atoms. The third-order valence-electron chi connectivity index (χ3n) is 4.80. The summed E-state index contributed by atoms with van der Waals surface area (Å²) in [4.78, 5) is 18.3. The van der Waals surface area contributed by atoms with Crippen LogP contribution in [-0.2, 0) is 17.9 Å². The number of carbonyl (C=O) groups is 1. The van der Waals surface area contributed by atoms with Gasteiger partial charge in [0.2, 0.25) is 5.91 Å². The number of guanidine groups is 1. The van der Waals surface area contributed by atoms with Gasteiger partial charge in [-0.25, -0.2) is 0 Å². The predicted octanol–water partition coefficient (Wildman–Crippen LogP) is 2.11. The Morgan fingerprint density at radius 3 is 2.26 bits per heavy atom. The molecular weight excluding hydrogens is 338 g/mol. The highest BCUT2D eigenvalue weighted by Crippen LogP contribution is 2.13. The number of nitrogens with zero attached hydrogens (tertiary/aromatic N) is 2. The molecule has 0 aromatic heterocycles. The molecule has 2 rings (SSSR count). The largest absolute Gasteiger partial charge is 0.355 e. The Balaban J connectivity index is 1.68. The van der Waals surface area contributed by atoms with Crippen molar-refractivity contribution in [2.75, 3.05) is 33.2 Å². The van der Waals surface area contributed by atoms with Crippen molar-refractivity contribution in [3.63, 3.8) is 0 Å². The zero-order valence-electron chi connectivity index (χ0n) is 17.1. The standard InChI is InChI=1S/C21H35N5O/c1-17(2)20(27)23-11-12-24-21(22-3)25-15-18-7-9-19(10-8-18)16-26-13-5-4-6-14-26/h7-10,17H,4-6,11-16H2,1-3H3,(H,23,27)(H2,22,24,25). The highest BCUT2D eigenvalue weighted by molar-refractivity contribution is 5.80. The van der Waals surface area contributed by atoms with E-state index in [-0.39, 0.29) is 11.8 Å². The van der Waals surface area contributed by atoms with E-state index < -0.39 is 0 Å². The van der Waals surface area contributed by atoms with E-state index in [0.29, 0.717) is 13.1 Å². The van der Waals surface area contributed by atoms with Crippen LogP contribution in [0.5, 0.6) is 0 Å². The van der Waals surface area contributed by atoms with Gasteiger partial charge in [0.25, 0.3) is 0 Å². The molecule has 150 valence electrons. The van der Waals surface area contributed by atoms with Crippen LogP contribution in [0.3, 0.4) is 0 Å². The van der Waals surface area contributed by atoms with Crippen molar-refractivity contribution in [2.24, 2.45) is 10.9 Å². The topological polar surface area (TPSA) is 68.8 Å². The van der Waals surface area contributed by atoms with Crippen LogP contribution in [0, 0.1) is 5.92 Å². The van der Waals surface area contributed by atoms with Crippen molar-refractivity contribution in [3.8, 4) is 0 Å². The van der Waals surface area contributed by atoms with Gasteiger partial charge in [0, 0.05) is 39.1 Å². The van der Waals surface area contributed by atoms with Crippen LogP contribution >= 0.6 is 0 Å². The van der Waals surface area contributed by atoms with Crippen LogP contribution in [0.15, 0.2) is 29.3 Å². The van der Waals surface area contributed by atoms with E-state index >= 15 is 0 Å². The number of nitrogens with one attached hydrogen (secondary N) is 3. The summed E-state index contributed by atoms with van der Waals surface area (Å²) in [5.41, 5.74) is 2.61. The zero-order valence-corrected chi connectivity index (χ0v) is 17.1. The van der Waals surface area contributed by atoms with Gasteiger partial charge >= 0.3 is 0 Å². The number of amides is 1. The molecular formula is C21H35N5O. The molecule has 0 radical (unpaired) electrons. The van der Waals surface area contributed by atoms with E-state index in [1.807, 2.05) is 13.8 Å². The lowest BCUT2D eigenvalue weighted by molar-refractivity contribution is -0.123. The summed E-state index contributed by atoms with van der Waals surface area (Å²) in [6, 6.07) is 8.82. The highest BCUT2D eigenvalue weighted by Gasteiger charge is 2.10. The maximum Gasteiger partial charge on any atom is 0.222 e. The van der Waals surface area contributed by atoms with Gasteiger partial charge in [-0.2, -0.15) is 0 Å². The number of likely N-dealkylation sites (tertiary alicyclic amines) is 1. The Kier molecular flexibility index (Phi) is 9.11. The van der Waals surface area contributed by atoms with E-state index in [1.165, 1.54) is 43.5 Å². The molecule has 1 amide bonds. The molecule has 6 nitrogen and oxygen atoms in total. The van der Waals surface area contributed by atoms with Crippen molar-refractivity contribution in [3.05, 3.63) is 35.4 Å². The van der Waals surface area contributed by atoms with Gasteiger partial charge in [-0.05, 0) is 37.1 Å². The lowest BCUT2D eigenvalue weighted by Gasteiger charge is -2.26. The second-order valence-electron chi connectivity index (χ2n) is 7.45. The van der Waals surface area contributed by atoms with Crippen molar-refractivity contribution < 1.29 is 4.79 Å². The number of benzene rings is 1. The summed E-state index contributed by atoms with van der Waals surface area (Å²) in [6.07, 6.45) is 4.03. The maximum atomic E-state index is 11.5. The van der Waals surface area contributed by atoms with E-state index in [4.69, 9.17) is 0 Å². The number of hydrogen-bond donors (Lipinski definition) is 3. The van der Waals surface area contributed by atoms with Gasteiger partial charge in [0.1, 0.15) is 0 Å². The Morgan fingerprint density at radius 2 is 1.63 bits per heavy atom. The first kappa shape index (κ1) is 21.2. The first-order chi connectivity index (χ1) is 13.1. The van der Waals surface area contributed by atoms with Crippen molar-refractivity contribution in [2.45, 2.75) is 46.2 Å². The SMILES string of the molecule is CN=C(NCCNC(=O)C(C)C)NCc1ccc(CN2CCCCC2)cc1. The molecule has 1 aromatic rings. The summed E-state index contributed by atoms with van der Waals surface area (Å²) in [6.45, 7) is 9.24. The Bertz CT molecular complexity index is 591. The molecule has 1 aromatic carbocycles. The van der Waals surface area contributed by atoms with E-state index in [2.05, 4.69) is 50.1 Å². The highest BCUT2D eigenvalue weighted by atomic mass is 16.1. The predicted molar refractivity (Wildman–Crippen MR) is 112 cm³/mol. The zero-order chi connectivity index (χ0) is 19.5. The molecule has 0 saturated carbocycles.